The van der Waals surface area contributed by atoms with Gasteiger partial charge in [-0.2, -0.15) is 0 Å². The lowest BCUT2D eigenvalue weighted by Gasteiger charge is -2.05. The first-order valence-electron chi connectivity index (χ1n) is 4.05. The molecule has 0 aliphatic heterocycles. The molecule has 13 heavy (non-hydrogen) atoms. The van der Waals surface area contributed by atoms with Gasteiger partial charge in [0, 0.05) is 11.1 Å². The van der Waals surface area contributed by atoms with Gasteiger partial charge in [0.1, 0.15) is 0 Å². The predicted molar refractivity (Wildman–Crippen MR) is 46.2 cm³/mol. The van der Waals surface area contributed by atoms with Gasteiger partial charge in [-0.1, -0.05) is 19.1 Å². The normalized spacial score (nSPS) is 10.5. The molecule has 0 fully saturated rings. The Morgan fingerprint density at radius 1 is 1.46 bits per heavy atom. The first kappa shape index (κ1) is 9.84. The lowest BCUT2D eigenvalue weighted by molar-refractivity contribution is 0.110. The van der Waals surface area contributed by atoms with Crippen LogP contribution in [0.2, 0.25) is 0 Å². The summed E-state index contributed by atoms with van der Waals surface area (Å²) in [6.45, 7) is 1.88. The van der Waals surface area contributed by atoms with E-state index in [0.29, 0.717) is 12.7 Å². The number of halogens is 2. The van der Waals surface area contributed by atoms with Crippen molar-refractivity contribution < 1.29 is 13.6 Å². The molecule has 1 aromatic rings. The molecule has 1 aromatic carbocycles. The quantitative estimate of drug-likeness (QED) is 0.660. The molecule has 3 heteroatoms. The van der Waals surface area contributed by atoms with Gasteiger partial charge in [-0.3, -0.25) is 4.79 Å². The van der Waals surface area contributed by atoms with Crippen LogP contribution in [0.5, 0.6) is 0 Å². The summed E-state index contributed by atoms with van der Waals surface area (Å²) in [4.78, 5) is 10.4. The van der Waals surface area contributed by atoms with Crippen LogP contribution >= 0.6 is 0 Å². The van der Waals surface area contributed by atoms with Gasteiger partial charge in [-0.25, -0.2) is 8.78 Å². The van der Waals surface area contributed by atoms with Crippen molar-refractivity contribution in [3.8, 4) is 0 Å². The van der Waals surface area contributed by atoms with Crippen molar-refractivity contribution in [3.05, 3.63) is 34.9 Å². The zero-order valence-corrected chi connectivity index (χ0v) is 7.26. The van der Waals surface area contributed by atoms with Crippen molar-refractivity contribution >= 4 is 6.29 Å². The Bertz CT molecular complexity index is 308. The van der Waals surface area contributed by atoms with Crippen molar-refractivity contribution in [1.82, 2.24) is 0 Å². The summed E-state index contributed by atoms with van der Waals surface area (Å²) >= 11 is 0. The minimum Gasteiger partial charge on any atom is -0.298 e. The molecule has 0 aromatic heterocycles. The summed E-state index contributed by atoms with van der Waals surface area (Å²) in [5, 5.41) is 0. The zero-order chi connectivity index (χ0) is 9.84. The van der Waals surface area contributed by atoms with E-state index in [1.54, 1.807) is 6.07 Å². The molecule has 0 N–H and O–H groups in total. The molecule has 1 rings (SSSR count). The fourth-order valence-electron chi connectivity index (χ4n) is 1.14. The lowest BCUT2D eigenvalue weighted by Crippen LogP contribution is -1.94. The summed E-state index contributed by atoms with van der Waals surface area (Å²) in [6.07, 6.45) is -1.42. The SMILES string of the molecule is CCc1ccc(C=O)c(C(F)F)c1. The third-order valence-corrected chi connectivity index (χ3v) is 1.92. The van der Waals surface area contributed by atoms with E-state index in [2.05, 4.69) is 0 Å². The Morgan fingerprint density at radius 2 is 2.15 bits per heavy atom. The van der Waals surface area contributed by atoms with Crippen molar-refractivity contribution in [2.45, 2.75) is 19.8 Å². The largest absolute Gasteiger partial charge is 0.298 e. The Morgan fingerprint density at radius 3 is 2.62 bits per heavy atom. The minimum absolute atomic E-state index is 0.0761. The predicted octanol–water partition coefficient (Wildman–Crippen LogP) is 3.00. The maximum absolute atomic E-state index is 12.4. The van der Waals surface area contributed by atoms with Crippen LogP contribution in [-0.2, 0) is 6.42 Å². The van der Waals surface area contributed by atoms with Crippen LogP contribution in [0.3, 0.4) is 0 Å². The average Bonchev–Trinajstić information content (AvgIpc) is 2.16. The maximum atomic E-state index is 12.4. The standard InChI is InChI=1S/C10H10F2O/c1-2-7-3-4-8(6-13)9(5-7)10(11)12/h3-6,10H,2H2,1H3. The fraction of sp³-hybridized carbons (Fsp3) is 0.300. The highest BCUT2D eigenvalue weighted by atomic mass is 19.3. The van der Waals surface area contributed by atoms with E-state index in [4.69, 9.17) is 0 Å². The number of aryl methyl sites for hydroxylation is 1. The van der Waals surface area contributed by atoms with Crippen LogP contribution in [0, 0.1) is 0 Å². The van der Waals surface area contributed by atoms with Gasteiger partial charge in [0.05, 0.1) is 0 Å². The second-order valence-electron chi connectivity index (χ2n) is 2.74. The van der Waals surface area contributed by atoms with Gasteiger partial charge in [0.2, 0.25) is 0 Å². The molecule has 70 valence electrons. The molecular weight excluding hydrogens is 174 g/mol. The zero-order valence-electron chi connectivity index (χ0n) is 7.26. The molecule has 0 atom stereocenters. The van der Waals surface area contributed by atoms with Gasteiger partial charge in [-0.05, 0) is 18.1 Å². The number of alkyl halides is 2. The molecule has 0 radical (unpaired) electrons. The molecule has 0 saturated carbocycles. The maximum Gasteiger partial charge on any atom is 0.264 e. The van der Waals surface area contributed by atoms with Gasteiger partial charge < -0.3 is 0 Å². The molecule has 0 bridgehead atoms. The number of hydrogen-bond acceptors (Lipinski definition) is 1. The Balaban J connectivity index is 3.17. The number of benzene rings is 1. The highest BCUT2D eigenvalue weighted by Crippen LogP contribution is 2.23. The van der Waals surface area contributed by atoms with E-state index in [0.717, 1.165) is 5.56 Å². The summed E-state index contributed by atoms with van der Waals surface area (Å²) in [5.74, 6) is 0. The van der Waals surface area contributed by atoms with E-state index in [9.17, 15) is 13.6 Å². The highest BCUT2D eigenvalue weighted by molar-refractivity contribution is 5.77. The Labute approximate surface area is 75.4 Å². The second kappa shape index (κ2) is 4.12. The topological polar surface area (TPSA) is 17.1 Å². The van der Waals surface area contributed by atoms with Crippen molar-refractivity contribution in [2.24, 2.45) is 0 Å². The molecule has 1 nitrogen and oxygen atoms in total. The minimum atomic E-state index is -2.58. The van der Waals surface area contributed by atoms with Gasteiger partial charge in [-0.15, -0.1) is 0 Å². The molecule has 0 saturated heterocycles. The molecule has 0 aliphatic rings. The van der Waals surface area contributed by atoms with E-state index < -0.39 is 6.43 Å². The molecular formula is C10H10F2O. The number of hydrogen-bond donors (Lipinski definition) is 0. The highest BCUT2D eigenvalue weighted by Gasteiger charge is 2.12. The van der Waals surface area contributed by atoms with Crippen LogP contribution in [-0.4, -0.2) is 6.29 Å². The monoisotopic (exact) mass is 184 g/mol. The van der Waals surface area contributed by atoms with E-state index in [1.807, 2.05) is 6.92 Å². The van der Waals surface area contributed by atoms with E-state index in [1.165, 1.54) is 12.1 Å². The van der Waals surface area contributed by atoms with Crippen molar-refractivity contribution in [2.75, 3.05) is 0 Å². The van der Waals surface area contributed by atoms with Crippen LogP contribution < -0.4 is 0 Å². The summed E-state index contributed by atoms with van der Waals surface area (Å²) in [7, 11) is 0. The van der Waals surface area contributed by atoms with Gasteiger partial charge in [0.15, 0.2) is 6.29 Å². The average molecular weight is 184 g/mol. The molecule has 0 spiro atoms. The molecule has 0 heterocycles. The van der Waals surface area contributed by atoms with Crippen LogP contribution in [0.4, 0.5) is 8.78 Å². The van der Waals surface area contributed by atoms with Gasteiger partial charge >= 0.3 is 0 Å². The van der Waals surface area contributed by atoms with Crippen LogP contribution in [0.1, 0.15) is 34.8 Å². The Hall–Kier alpha value is -1.25. The fourth-order valence-corrected chi connectivity index (χ4v) is 1.14. The second-order valence-corrected chi connectivity index (χ2v) is 2.74. The number of carbonyl (C=O) groups excluding carboxylic acids is 1. The van der Waals surface area contributed by atoms with Crippen molar-refractivity contribution in [1.29, 1.82) is 0 Å². The number of aldehydes is 1. The smallest absolute Gasteiger partial charge is 0.264 e. The van der Waals surface area contributed by atoms with Crippen LogP contribution in [0.25, 0.3) is 0 Å². The van der Waals surface area contributed by atoms with Gasteiger partial charge in [0.25, 0.3) is 6.43 Å². The first-order chi connectivity index (χ1) is 6.19. The summed E-state index contributed by atoms with van der Waals surface area (Å²) in [6, 6.07) is 4.51. The van der Waals surface area contributed by atoms with Crippen molar-refractivity contribution in [3.63, 3.8) is 0 Å². The van der Waals surface area contributed by atoms with E-state index in [-0.39, 0.29) is 11.1 Å². The lowest BCUT2D eigenvalue weighted by atomic mass is 10.0. The summed E-state index contributed by atoms with van der Waals surface area (Å²) < 4.78 is 24.7. The number of carbonyl (C=O) groups is 1. The third kappa shape index (κ3) is 2.11. The Kier molecular flexibility index (Phi) is 3.12. The molecule has 0 unspecified atom stereocenters. The number of rotatable bonds is 3. The molecule has 0 amide bonds. The first-order valence-corrected chi connectivity index (χ1v) is 4.05. The molecule has 0 aliphatic carbocycles. The van der Waals surface area contributed by atoms with Crippen LogP contribution in [0.15, 0.2) is 18.2 Å². The summed E-state index contributed by atoms with van der Waals surface area (Å²) in [5.41, 5.74) is 0.724. The van der Waals surface area contributed by atoms with E-state index >= 15 is 0 Å². The third-order valence-electron chi connectivity index (χ3n) is 1.92.